The van der Waals surface area contributed by atoms with E-state index < -0.39 is 28.1 Å². The molecule has 3 rings (SSSR count). The highest BCUT2D eigenvalue weighted by Gasteiger charge is 2.41. The number of hydrogen-bond acceptors (Lipinski definition) is 7. The van der Waals surface area contributed by atoms with Gasteiger partial charge in [-0.15, -0.1) is 0 Å². The molecule has 0 bridgehead atoms. The van der Waals surface area contributed by atoms with Gasteiger partial charge in [0.05, 0.1) is 17.4 Å². The third-order valence-electron chi connectivity index (χ3n) is 6.17. The zero-order chi connectivity index (χ0) is 24.2. The number of carbonyl (C=O) groups is 3. The lowest BCUT2D eigenvalue weighted by molar-refractivity contribution is -0.163. The summed E-state index contributed by atoms with van der Waals surface area (Å²) in [6.07, 6.45) is 0.832. The van der Waals surface area contributed by atoms with E-state index in [1.807, 2.05) is 6.92 Å². The molecule has 2 aliphatic rings. The highest BCUT2D eigenvalue weighted by molar-refractivity contribution is 7.89. The third kappa shape index (κ3) is 5.73. The van der Waals surface area contributed by atoms with Crippen LogP contribution in [0.15, 0.2) is 29.2 Å². The summed E-state index contributed by atoms with van der Waals surface area (Å²) in [6, 6.07) is 5.51. The number of benzene rings is 1. The van der Waals surface area contributed by atoms with Gasteiger partial charge in [0.15, 0.2) is 6.10 Å². The van der Waals surface area contributed by atoms with Gasteiger partial charge in [-0.05, 0) is 58.6 Å². The van der Waals surface area contributed by atoms with Crippen molar-refractivity contribution in [3.8, 4) is 0 Å². The number of amides is 1. The van der Waals surface area contributed by atoms with E-state index in [1.54, 1.807) is 24.0 Å². The number of hydrogen-bond donors (Lipinski definition) is 0. The Hall–Kier alpha value is -2.46. The summed E-state index contributed by atoms with van der Waals surface area (Å²) in [5.74, 6) is -1.55. The lowest BCUT2D eigenvalue weighted by Gasteiger charge is -2.32. The Balaban J connectivity index is 1.59. The number of aryl methyl sites for hydroxylation is 1. The Labute approximate surface area is 195 Å². The zero-order valence-electron chi connectivity index (χ0n) is 19.4. The Bertz CT molecular complexity index is 969. The van der Waals surface area contributed by atoms with Crippen LogP contribution < -0.4 is 0 Å². The van der Waals surface area contributed by atoms with Gasteiger partial charge in [0.25, 0.3) is 5.91 Å². The average molecular weight is 481 g/mol. The first-order chi connectivity index (χ1) is 15.6. The van der Waals surface area contributed by atoms with E-state index in [4.69, 9.17) is 9.47 Å². The molecular weight excluding hydrogens is 448 g/mol. The van der Waals surface area contributed by atoms with Gasteiger partial charge < -0.3 is 14.4 Å². The molecule has 1 amide bonds. The van der Waals surface area contributed by atoms with Crippen molar-refractivity contribution in [3.05, 3.63) is 29.8 Å². The highest BCUT2D eigenvalue weighted by Crippen LogP contribution is 2.28. The van der Waals surface area contributed by atoms with Crippen LogP contribution in [0.4, 0.5) is 0 Å². The predicted molar refractivity (Wildman–Crippen MR) is 120 cm³/mol. The van der Waals surface area contributed by atoms with Crippen LogP contribution in [0.2, 0.25) is 0 Å². The number of likely N-dealkylation sites (tertiary alicyclic amines) is 1. The van der Waals surface area contributed by atoms with Gasteiger partial charge >= 0.3 is 11.9 Å². The zero-order valence-corrected chi connectivity index (χ0v) is 20.2. The molecule has 9 nitrogen and oxygen atoms in total. The van der Waals surface area contributed by atoms with Gasteiger partial charge in [0.2, 0.25) is 10.0 Å². The smallest absolute Gasteiger partial charge is 0.325 e. The molecule has 2 fully saturated rings. The van der Waals surface area contributed by atoms with E-state index in [2.05, 4.69) is 0 Å². The topological polar surface area (TPSA) is 110 Å². The number of sulfonamides is 1. The number of nitrogens with zero attached hydrogens (tertiary/aromatic N) is 2. The van der Waals surface area contributed by atoms with Crippen molar-refractivity contribution < 1.29 is 32.3 Å². The summed E-state index contributed by atoms with van der Waals surface area (Å²) >= 11 is 0. The first kappa shape index (κ1) is 25.2. The van der Waals surface area contributed by atoms with Crippen LogP contribution in [0.25, 0.3) is 0 Å². The fraction of sp³-hybridized carbons (Fsp3) is 0.609. The van der Waals surface area contributed by atoms with Crippen molar-refractivity contribution in [1.29, 1.82) is 0 Å². The summed E-state index contributed by atoms with van der Waals surface area (Å²) in [4.78, 5) is 39.2. The van der Waals surface area contributed by atoms with Crippen molar-refractivity contribution in [2.24, 2.45) is 5.92 Å². The maximum absolute atomic E-state index is 13.1. The summed E-state index contributed by atoms with van der Waals surface area (Å²) in [7, 11) is -3.85. The molecule has 0 aliphatic carbocycles. The second-order valence-electron chi connectivity index (χ2n) is 8.52. The largest absolute Gasteiger partial charge is 0.466 e. The average Bonchev–Trinajstić information content (AvgIpc) is 3.30. The minimum absolute atomic E-state index is 0.126. The molecule has 2 atom stereocenters. The lowest BCUT2D eigenvalue weighted by atomic mass is 9.97. The van der Waals surface area contributed by atoms with E-state index in [0.717, 1.165) is 5.56 Å². The number of esters is 2. The molecule has 2 aliphatic heterocycles. The van der Waals surface area contributed by atoms with Crippen LogP contribution in [-0.4, -0.2) is 73.9 Å². The minimum Gasteiger partial charge on any atom is -0.466 e. The van der Waals surface area contributed by atoms with E-state index >= 15 is 0 Å². The molecule has 0 N–H and O–H groups in total. The maximum atomic E-state index is 13.1. The first-order valence-corrected chi connectivity index (χ1v) is 12.8. The quantitative estimate of drug-likeness (QED) is 0.548. The third-order valence-corrected chi connectivity index (χ3v) is 8.09. The highest BCUT2D eigenvalue weighted by atomic mass is 32.2. The molecular formula is C23H32N2O7S. The van der Waals surface area contributed by atoms with Crippen LogP contribution in [0.5, 0.6) is 0 Å². The Kier molecular flexibility index (Phi) is 8.12. The number of rotatable bonds is 7. The molecule has 0 aromatic heterocycles. The molecule has 33 heavy (non-hydrogen) atoms. The van der Waals surface area contributed by atoms with Crippen LogP contribution in [-0.2, 0) is 33.9 Å². The summed E-state index contributed by atoms with van der Waals surface area (Å²) in [6.45, 7) is 6.41. The van der Waals surface area contributed by atoms with Gasteiger partial charge in [0, 0.05) is 19.6 Å². The molecule has 2 heterocycles. The molecule has 182 valence electrons. The van der Waals surface area contributed by atoms with Crippen molar-refractivity contribution in [3.63, 3.8) is 0 Å². The van der Waals surface area contributed by atoms with E-state index in [0.29, 0.717) is 45.4 Å². The lowest BCUT2D eigenvalue weighted by Crippen LogP contribution is -2.47. The fourth-order valence-electron chi connectivity index (χ4n) is 4.27. The predicted octanol–water partition coefficient (Wildman–Crippen LogP) is 1.88. The molecule has 10 heteroatoms. The van der Waals surface area contributed by atoms with Crippen LogP contribution in [0.1, 0.15) is 45.1 Å². The SMILES string of the molecule is CCOC(=O)C1CCN(C(=O)[C@@H](C)OC(=O)[C@H]2CCCN2S(=O)(=O)c2ccc(C)cc2)CC1. The van der Waals surface area contributed by atoms with Crippen molar-refractivity contribution >= 4 is 27.9 Å². The van der Waals surface area contributed by atoms with E-state index in [1.165, 1.54) is 23.4 Å². The van der Waals surface area contributed by atoms with Gasteiger partial charge in [-0.3, -0.25) is 14.4 Å². The van der Waals surface area contributed by atoms with E-state index in [-0.39, 0.29) is 29.2 Å². The second kappa shape index (κ2) is 10.6. The number of piperidine rings is 1. The molecule has 1 aromatic rings. The standard InChI is InChI=1S/C23H32N2O7S/c1-4-31-22(27)18-11-14-24(15-12-18)21(26)17(3)32-23(28)20-6-5-13-25(20)33(29,30)19-9-7-16(2)8-10-19/h7-10,17-18,20H,4-6,11-15H2,1-3H3/t17-,20-/m1/s1. The van der Waals surface area contributed by atoms with E-state index in [9.17, 15) is 22.8 Å². The van der Waals surface area contributed by atoms with Gasteiger partial charge in [-0.25, -0.2) is 8.42 Å². The van der Waals surface area contributed by atoms with Crippen LogP contribution in [0.3, 0.4) is 0 Å². The van der Waals surface area contributed by atoms with Crippen molar-refractivity contribution in [1.82, 2.24) is 9.21 Å². The van der Waals surface area contributed by atoms with Gasteiger partial charge in [-0.1, -0.05) is 17.7 Å². The fourth-order valence-corrected chi connectivity index (χ4v) is 5.91. The van der Waals surface area contributed by atoms with Crippen molar-refractivity contribution in [2.45, 2.75) is 63.5 Å². The van der Waals surface area contributed by atoms with Crippen LogP contribution in [0, 0.1) is 12.8 Å². The summed E-state index contributed by atoms with van der Waals surface area (Å²) < 4.78 is 37.8. The monoisotopic (exact) mass is 480 g/mol. The van der Waals surface area contributed by atoms with Gasteiger partial charge in [-0.2, -0.15) is 4.31 Å². The van der Waals surface area contributed by atoms with Crippen molar-refractivity contribution in [2.75, 3.05) is 26.2 Å². The second-order valence-corrected chi connectivity index (χ2v) is 10.4. The molecule has 2 saturated heterocycles. The molecule has 0 unspecified atom stereocenters. The normalized spacial score (nSPS) is 20.9. The van der Waals surface area contributed by atoms with Gasteiger partial charge in [0.1, 0.15) is 6.04 Å². The molecule has 0 radical (unpaired) electrons. The Morgan fingerprint density at radius 2 is 1.67 bits per heavy atom. The number of ether oxygens (including phenoxy) is 2. The molecule has 1 aromatic carbocycles. The first-order valence-electron chi connectivity index (χ1n) is 11.4. The Morgan fingerprint density at radius 1 is 1.03 bits per heavy atom. The summed E-state index contributed by atoms with van der Waals surface area (Å²) in [5, 5.41) is 0. The van der Waals surface area contributed by atoms with Crippen LogP contribution >= 0.6 is 0 Å². The molecule has 0 saturated carbocycles. The minimum atomic E-state index is -3.85. The maximum Gasteiger partial charge on any atom is 0.325 e. The molecule has 0 spiro atoms. The number of carbonyl (C=O) groups excluding carboxylic acids is 3. The Morgan fingerprint density at radius 3 is 2.27 bits per heavy atom. The summed E-state index contributed by atoms with van der Waals surface area (Å²) in [5.41, 5.74) is 0.935.